The van der Waals surface area contributed by atoms with Gasteiger partial charge < -0.3 is 0 Å². The highest BCUT2D eigenvalue weighted by molar-refractivity contribution is 5.98. The summed E-state index contributed by atoms with van der Waals surface area (Å²) in [6, 6.07) is 19.2. The van der Waals surface area contributed by atoms with E-state index in [0.29, 0.717) is 0 Å². The van der Waals surface area contributed by atoms with Gasteiger partial charge in [0, 0.05) is 5.56 Å². The first-order valence-electron chi connectivity index (χ1n) is 7.34. The van der Waals surface area contributed by atoms with Gasteiger partial charge in [0.2, 0.25) is 0 Å². The normalized spacial score (nSPS) is 12.8. The molecule has 1 nitrogen and oxygen atoms in total. The van der Waals surface area contributed by atoms with Crippen LogP contribution in [0.15, 0.2) is 54.6 Å². The van der Waals surface area contributed by atoms with E-state index < -0.39 is 0 Å². The molecule has 0 heterocycles. The maximum absolute atomic E-state index is 11.5. The van der Waals surface area contributed by atoms with E-state index in [1.54, 1.807) is 6.92 Å². The summed E-state index contributed by atoms with van der Waals surface area (Å²) in [6.07, 6.45) is 2.00. The van der Waals surface area contributed by atoms with Crippen molar-refractivity contribution < 1.29 is 4.79 Å². The van der Waals surface area contributed by atoms with Crippen molar-refractivity contribution in [2.24, 2.45) is 0 Å². The van der Waals surface area contributed by atoms with Gasteiger partial charge >= 0.3 is 0 Å². The molecule has 0 saturated carbocycles. The van der Waals surface area contributed by atoms with E-state index in [4.69, 9.17) is 0 Å². The molecule has 0 N–H and O–H groups in total. The number of rotatable bonds is 1. The fourth-order valence-corrected chi connectivity index (χ4v) is 3.25. The average molecular weight is 272 g/mol. The molecule has 0 radical (unpaired) electrons. The van der Waals surface area contributed by atoms with Crippen molar-refractivity contribution in [3.63, 3.8) is 0 Å². The van der Waals surface area contributed by atoms with Crippen LogP contribution in [0.1, 0.15) is 39.5 Å². The lowest BCUT2D eigenvalue weighted by Crippen LogP contribution is -2.07. The molecule has 3 aromatic carbocycles. The lowest BCUT2D eigenvalue weighted by molar-refractivity contribution is 0.101. The van der Waals surface area contributed by atoms with E-state index in [-0.39, 0.29) is 5.78 Å². The molecule has 0 spiro atoms. The number of ketones is 1. The molecule has 1 aliphatic rings. The Hall–Kier alpha value is -2.41. The third-order valence-corrected chi connectivity index (χ3v) is 4.45. The van der Waals surface area contributed by atoms with Crippen molar-refractivity contribution in [1.29, 1.82) is 0 Å². The maximum Gasteiger partial charge on any atom is 0.159 e. The van der Waals surface area contributed by atoms with E-state index in [1.165, 1.54) is 33.0 Å². The fraction of sp³-hybridized carbons (Fsp3) is 0.150. The van der Waals surface area contributed by atoms with Crippen LogP contribution in [0.25, 0.3) is 10.8 Å². The smallest absolute Gasteiger partial charge is 0.159 e. The number of hydrogen-bond donors (Lipinski definition) is 0. The molecule has 0 aliphatic heterocycles. The van der Waals surface area contributed by atoms with Crippen molar-refractivity contribution in [2.45, 2.75) is 19.8 Å². The first-order valence-corrected chi connectivity index (χ1v) is 7.34. The zero-order valence-electron chi connectivity index (χ0n) is 12.0. The summed E-state index contributed by atoms with van der Waals surface area (Å²) in [5.41, 5.74) is 6.45. The van der Waals surface area contributed by atoms with Crippen LogP contribution < -0.4 is 0 Å². The summed E-state index contributed by atoms with van der Waals surface area (Å²) in [7, 11) is 0. The highest BCUT2D eigenvalue weighted by atomic mass is 16.1. The van der Waals surface area contributed by atoms with Crippen LogP contribution in [-0.2, 0) is 12.8 Å². The van der Waals surface area contributed by atoms with E-state index >= 15 is 0 Å². The second-order valence-electron chi connectivity index (χ2n) is 5.86. The van der Waals surface area contributed by atoms with Crippen molar-refractivity contribution in [1.82, 2.24) is 0 Å². The SMILES string of the molecule is CC(=O)c1ccc2cc3c(cc2c1)Cc1ccccc1C3. The van der Waals surface area contributed by atoms with Gasteiger partial charge in [0.05, 0.1) is 0 Å². The van der Waals surface area contributed by atoms with Crippen LogP contribution in [0.2, 0.25) is 0 Å². The minimum Gasteiger partial charge on any atom is -0.295 e. The van der Waals surface area contributed by atoms with Crippen molar-refractivity contribution in [2.75, 3.05) is 0 Å². The topological polar surface area (TPSA) is 17.1 Å². The van der Waals surface area contributed by atoms with Gasteiger partial charge in [-0.05, 0) is 58.9 Å². The van der Waals surface area contributed by atoms with Gasteiger partial charge in [-0.1, -0.05) is 48.5 Å². The highest BCUT2D eigenvalue weighted by Crippen LogP contribution is 2.30. The van der Waals surface area contributed by atoms with E-state index in [1.807, 2.05) is 12.1 Å². The van der Waals surface area contributed by atoms with Crippen LogP contribution >= 0.6 is 0 Å². The number of carbonyl (C=O) groups is 1. The molecule has 0 amide bonds. The van der Waals surface area contributed by atoms with Crippen molar-refractivity contribution in [3.8, 4) is 0 Å². The zero-order chi connectivity index (χ0) is 14.4. The Bertz CT molecular complexity index is 874. The molecule has 0 bridgehead atoms. The lowest BCUT2D eigenvalue weighted by Gasteiger charge is -2.20. The quantitative estimate of drug-likeness (QED) is 0.465. The fourth-order valence-electron chi connectivity index (χ4n) is 3.25. The Morgan fingerprint density at radius 2 is 1.38 bits per heavy atom. The van der Waals surface area contributed by atoms with Crippen molar-refractivity contribution in [3.05, 3.63) is 82.4 Å². The largest absolute Gasteiger partial charge is 0.295 e. The van der Waals surface area contributed by atoms with Crippen LogP contribution in [0.3, 0.4) is 0 Å². The monoisotopic (exact) mass is 272 g/mol. The predicted molar refractivity (Wildman–Crippen MR) is 86.0 cm³/mol. The van der Waals surface area contributed by atoms with Gasteiger partial charge in [0.25, 0.3) is 0 Å². The number of carbonyl (C=O) groups excluding carboxylic acids is 1. The van der Waals surface area contributed by atoms with Gasteiger partial charge in [-0.15, -0.1) is 0 Å². The summed E-state index contributed by atoms with van der Waals surface area (Å²) in [5, 5.41) is 2.39. The molecule has 1 heteroatoms. The molecule has 3 aromatic rings. The molecule has 0 atom stereocenters. The molecule has 0 aromatic heterocycles. The Labute approximate surface area is 124 Å². The predicted octanol–water partition coefficient (Wildman–Crippen LogP) is 4.54. The first kappa shape index (κ1) is 12.3. The molecule has 21 heavy (non-hydrogen) atoms. The lowest BCUT2D eigenvalue weighted by atomic mass is 9.84. The molecule has 1 aliphatic carbocycles. The molecule has 0 saturated heterocycles. The third kappa shape index (κ3) is 2.06. The van der Waals surface area contributed by atoms with Crippen LogP contribution in [0.5, 0.6) is 0 Å². The van der Waals surface area contributed by atoms with Gasteiger partial charge in [0.1, 0.15) is 0 Å². The average Bonchev–Trinajstić information content (AvgIpc) is 2.50. The van der Waals surface area contributed by atoms with E-state index in [0.717, 1.165) is 18.4 Å². The second-order valence-corrected chi connectivity index (χ2v) is 5.86. The van der Waals surface area contributed by atoms with Gasteiger partial charge in [0.15, 0.2) is 5.78 Å². The number of fused-ring (bicyclic) bond motifs is 3. The molecule has 102 valence electrons. The minimum atomic E-state index is 0.125. The second kappa shape index (κ2) is 4.56. The summed E-state index contributed by atoms with van der Waals surface area (Å²) in [5.74, 6) is 0.125. The molecular weight excluding hydrogens is 256 g/mol. The van der Waals surface area contributed by atoms with Crippen LogP contribution in [0.4, 0.5) is 0 Å². The van der Waals surface area contributed by atoms with Crippen molar-refractivity contribution >= 4 is 16.6 Å². The van der Waals surface area contributed by atoms with E-state index in [2.05, 4.69) is 42.5 Å². The highest BCUT2D eigenvalue weighted by Gasteiger charge is 2.15. The Kier molecular flexibility index (Phi) is 2.68. The van der Waals surface area contributed by atoms with Gasteiger partial charge in [-0.2, -0.15) is 0 Å². The van der Waals surface area contributed by atoms with Crippen LogP contribution in [0, 0.1) is 0 Å². The van der Waals surface area contributed by atoms with Gasteiger partial charge in [-0.25, -0.2) is 0 Å². The Morgan fingerprint density at radius 3 is 2.00 bits per heavy atom. The molecular formula is C20H16O. The number of Topliss-reactive ketones (excluding diaryl/α,β-unsaturated/α-hetero) is 1. The molecule has 0 unspecified atom stereocenters. The minimum absolute atomic E-state index is 0.125. The maximum atomic E-state index is 11.5. The van der Waals surface area contributed by atoms with Crippen LogP contribution in [-0.4, -0.2) is 5.78 Å². The third-order valence-electron chi connectivity index (χ3n) is 4.45. The summed E-state index contributed by atoms with van der Waals surface area (Å²) in [4.78, 5) is 11.5. The first-order chi connectivity index (χ1) is 10.2. The molecule has 0 fully saturated rings. The summed E-state index contributed by atoms with van der Waals surface area (Å²) in [6.45, 7) is 1.62. The summed E-state index contributed by atoms with van der Waals surface area (Å²) < 4.78 is 0. The Morgan fingerprint density at radius 1 is 0.762 bits per heavy atom. The van der Waals surface area contributed by atoms with Gasteiger partial charge in [-0.3, -0.25) is 4.79 Å². The summed E-state index contributed by atoms with van der Waals surface area (Å²) >= 11 is 0. The standard InChI is InChI=1S/C20H16O/c1-13(21)14-6-7-17-11-19-9-15-4-2-3-5-16(15)10-20(19)12-18(17)8-14/h2-8,11-12H,9-10H2,1H3. The van der Waals surface area contributed by atoms with E-state index in [9.17, 15) is 4.79 Å². The number of benzene rings is 3. The Balaban J connectivity index is 1.87. The number of hydrogen-bond acceptors (Lipinski definition) is 1. The zero-order valence-corrected chi connectivity index (χ0v) is 12.0. The molecule has 4 rings (SSSR count).